The number of halogens is 1. The van der Waals surface area contributed by atoms with Crippen molar-refractivity contribution in [3.63, 3.8) is 0 Å². The number of ether oxygens (including phenoxy) is 1. The van der Waals surface area contributed by atoms with Crippen LogP contribution >= 0.6 is 27.3 Å². The molecule has 1 atom stereocenters. The molecule has 1 fully saturated rings. The van der Waals surface area contributed by atoms with Crippen LogP contribution < -0.4 is 4.90 Å². The van der Waals surface area contributed by atoms with Gasteiger partial charge in [-0.2, -0.15) is 0 Å². The van der Waals surface area contributed by atoms with E-state index in [0.29, 0.717) is 18.9 Å². The Bertz CT molecular complexity index is 425. The van der Waals surface area contributed by atoms with Crippen LogP contribution in [-0.4, -0.2) is 29.4 Å². The quantitative estimate of drug-likeness (QED) is 0.783. The summed E-state index contributed by atoms with van der Waals surface area (Å²) in [5, 5.41) is 1.73. The van der Waals surface area contributed by atoms with Gasteiger partial charge >= 0.3 is 0 Å². The van der Waals surface area contributed by atoms with Gasteiger partial charge in [-0.1, -0.05) is 27.3 Å². The Balaban J connectivity index is 1.84. The molecule has 0 saturated carbocycles. The maximum Gasteiger partial charge on any atom is 0.229 e. The number of nitrogens with zero attached hydrogens (tertiary/aromatic N) is 2. The summed E-state index contributed by atoms with van der Waals surface area (Å²) >= 11 is 5.05. The number of fused-ring (bicyclic) bond motifs is 1. The van der Waals surface area contributed by atoms with Crippen molar-refractivity contribution in [2.45, 2.75) is 19.4 Å². The van der Waals surface area contributed by atoms with Crippen molar-refractivity contribution in [1.29, 1.82) is 0 Å². The molecule has 1 saturated heterocycles. The maximum absolute atomic E-state index is 11.9. The third-order valence-corrected chi connectivity index (χ3v) is 5.15. The highest BCUT2D eigenvalue weighted by molar-refractivity contribution is 9.09. The molecule has 1 amide bonds. The summed E-state index contributed by atoms with van der Waals surface area (Å²) in [6.07, 6.45) is 1.50. The summed E-state index contributed by atoms with van der Waals surface area (Å²) in [7, 11) is 0. The molecule has 0 radical (unpaired) electrons. The summed E-state index contributed by atoms with van der Waals surface area (Å²) in [5.41, 5.74) is 1.12. The maximum atomic E-state index is 11.9. The molecule has 0 aliphatic carbocycles. The van der Waals surface area contributed by atoms with Gasteiger partial charge in [-0.05, 0) is 5.92 Å². The van der Waals surface area contributed by atoms with Gasteiger partial charge in [-0.15, -0.1) is 0 Å². The van der Waals surface area contributed by atoms with Crippen molar-refractivity contribution in [2.24, 2.45) is 5.92 Å². The van der Waals surface area contributed by atoms with Crippen molar-refractivity contribution < 1.29 is 9.53 Å². The molecule has 2 aliphatic rings. The largest absolute Gasteiger partial charge is 0.375 e. The topological polar surface area (TPSA) is 42.4 Å². The second kappa shape index (κ2) is 4.66. The van der Waals surface area contributed by atoms with E-state index < -0.39 is 0 Å². The fourth-order valence-corrected chi connectivity index (χ4v) is 3.70. The van der Waals surface area contributed by atoms with Crippen LogP contribution in [0.5, 0.6) is 0 Å². The smallest absolute Gasteiger partial charge is 0.229 e. The van der Waals surface area contributed by atoms with E-state index in [2.05, 4.69) is 20.9 Å². The molecule has 0 bridgehead atoms. The van der Waals surface area contributed by atoms with E-state index in [1.807, 2.05) is 4.90 Å². The van der Waals surface area contributed by atoms with Crippen LogP contribution in [0.15, 0.2) is 0 Å². The lowest BCUT2D eigenvalue weighted by Crippen LogP contribution is -2.24. The van der Waals surface area contributed by atoms with Crippen molar-refractivity contribution in [3.8, 4) is 0 Å². The van der Waals surface area contributed by atoms with Gasteiger partial charge in [0.2, 0.25) is 5.91 Å². The molecule has 3 rings (SSSR count). The van der Waals surface area contributed by atoms with Gasteiger partial charge in [-0.3, -0.25) is 9.69 Å². The van der Waals surface area contributed by atoms with E-state index in [4.69, 9.17) is 4.74 Å². The summed E-state index contributed by atoms with van der Waals surface area (Å²) in [4.78, 5) is 19.5. The lowest BCUT2D eigenvalue weighted by Gasteiger charge is -2.11. The number of aromatic nitrogens is 1. The Morgan fingerprint density at radius 3 is 3.18 bits per heavy atom. The van der Waals surface area contributed by atoms with Crippen LogP contribution in [0.4, 0.5) is 5.13 Å². The number of rotatable bonds is 2. The Labute approximate surface area is 112 Å². The second-order valence-electron chi connectivity index (χ2n) is 4.40. The number of amides is 1. The van der Waals surface area contributed by atoms with Crippen LogP contribution in [0.3, 0.4) is 0 Å². The van der Waals surface area contributed by atoms with Crippen molar-refractivity contribution in [3.05, 3.63) is 10.6 Å². The van der Waals surface area contributed by atoms with Crippen molar-refractivity contribution in [2.75, 3.05) is 23.4 Å². The van der Waals surface area contributed by atoms with Crippen LogP contribution in [0.25, 0.3) is 0 Å². The molecular weight excluding hydrogens is 304 g/mol. The van der Waals surface area contributed by atoms with E-state index in [1.54, 1.807) is 11.3 Å². The Morgan fingerprint density at radius 1 is 1.59 bits per heavy atom. The fourth-order valence-electron chi connectivity index (χ4n) is 2.20. The molecule has 3 heterocycles. The number of carbonyl (C=O) groups is 1. The predicted octanol–water partition coefficient (Wildman–Crippen LogP) is 1.96. The van der Waals surface area contributed by atoms with Crippen molar-refractivity contribution >= 4 is 38.3 Å². The first-order valence-corrected chi connectivity index (χ1v) is 7.64. The fraction of sp³-hybridized carbons (Fsp3) is 0.636. The van der Waals surface area contributed by atoms with E-state index in [9.17, 15) is 4.79 Å². The predicted molar refractivity (Wildman–Crippen MR) is 69.7 cm³/mol. The highest BCUT2D eigenvalue weighted by atomic mass is 79.9. The molecule has 2 aliphatic heterocycles. The lowest BCUT2D eigenvalue weighted by molar-refractivity contribution is -0.117. The average Bonchev–Trinajstić information content (AvgIpc) is 2.91. The summed E-state index contributed by atoms with van der Waals surface area (Å²) in [5.74, 6) is 0.612. The zero-order valence-electron chi connectivity index (χ0n) is 9.32. The van der Waals surface area contributed by atoms with Gasteiger partial charge < -0.3 is 4.74 Å². The minimum absolute atomic E-state index is 0.196. The molecule has 0 spiro atoms. The van der Waals surface area contributed by atoms with E-state index in [0.717, 1.165) is 35.7 Å². The Kier molecular flexibility index (Phi) is 3.19. The Morgan fingerprint density at radius 2 is 2.47 bits per heavy atom. The van der Waals surface area contributed by atoms with Gasteiger partial charge in [-0.25, -0.2) is 4.98 Å². The van der Waals surface area contributed by atoms with Gasteiger partial charge in [0.15, 0.2) is 5.13 Å². The zero-order chi connectivity index (χ0) is 11.8. The highest BCUT2D eigenvalue weighted by Gasteiger charge is 2.32. The number of hydrogen-bond acceptors (Lipinski definition) is 4. The highest BCUT2D eigenvalue weighted by Crippen LogP contribution is 2.33. The van der Waals surface area contributed by atoms with E-state index in [-0.39, 0.29) is 5.91 Å². The third kappa shape index (κ3) is 2.13. The summed E-state index contributed by atoms with van der Waals surface area (Å²) in [6.45, 7) is 2.18. The van der Waals surface area contributed by atoms with Gasteiger partial charge in [0.1, 0.15) is 0 Å². The first-order chi connectivity index (χ1) is 8.28. The van der Waals surface area contributed by atoms with Crippen LogP contribution in [0.1, 0.15) is 17.0 Å². The number of carbonyl (C=O) groups excluding carboxylic acids is 1. The molecule has 6 heteroatoms. The molecule has 1 aromatic rings. The summed E-state index contributed by atoms with van der Waals surface area (Å²) in [6, 6.07) is 0. The number of hydrogen-bond donors (Lipinski definition) is 0. The minimum Gasteiger partial charge on any atom is -0.375 e. The third-order valence-electron chi connectivity index (χ3n) is 3.14. The number of alkyl halides is 1. The number of thiazole rings is 1. The normalized spacial score (nSPS) is 24.2. The summed E-state index contributed by atoms with van der Waals surface area (Å²) < 4.78 is 5.40. The zero-order valence-corrected chi connectivity index (χ0v) is 11.7. The SMILES string of the molecule is O=C1CC(CBr)CN1c1nc2c(s1)COCC2. The van der Waals surface area contributed by atoms with Gasteiger partial charge in [0.25, 0.3) is 0 Å². The molecule has 17 heavy (non-hydrogen) atoms. The minimum atomic E-state index is 0.196. The van der Waals surface area contributed by atoms with E-state index >= 15 is 0 Å². The van der Waals surface area contributed by atoms with Crippen LogP contribution in [0.2, 0.25) is 0 Å². The molecule has 92 valence electrons. The first-order valence-electron chi connectivity index (χ1n) is 5.70. The van der Waals surface area contributed by atoms with Crippen molar-refractivity contribution in [1.82, 2.24) is 4.98 Å². The monoisotopic (exact) mass is 316 g/mol. The van der Waals surface area contributed by atoms with Gasteiger partial charge in [0, 0.05) is 24.7 Å². The number of anilines is 1. The molecule has 1 unspecified atom stereocenters. The molecule has 0 N–H and O–H groups in total. The van der Waals surface area contributed by atoms with Crippen LogP contribution in [-0.2, 0) is 22.6 Å². The average molecular weight is 317 g/mol. The lowest BCUT2D eigenvalue weighted by atomic mass is 10.2. The first kappa shape index (κ1) is 11.6. The standard InChI is InChI=1S/C11H13BrN2O2S/c12-4-7-3-10(15)14(5-7)11-13-8-1-2-16-6-9(8)17-11/h7H,1-6H2. The molecule has 4 nitrogen and oxygen atoms in total. The molecule has 1 aromatic heterocycles. The second-order valence-corrected chi connectivity index (χ2v) is 6.11. The molecular formula is C11H13BrN2O2S. The molecule has 0 aromatic carbocycles. The van der Waals surface area contributed by atoms with Gasteiger partial charge in [0.05, 0.1) is 23.8 Å². The van der Waals surface area contributed by atoms with E-state index in [1.165, 1.54) is 4.88 Å². The Hall–Kier alpha value is -0.460. The van der Waals surface area contributed by atoms with Crippen LogP contribution in [0, 0.1) is 5.92 Å².